The second kappa shape index (κ2) is 5.66. The predicted molar refractivity (Wildman–Crippen MR) is 79.3 cm³/mol. The van der Waals surface area contributed by atoms with Gasteiger partial charge in [-0.3, -0.25) is 4.79 Å². The number of rotatable bonds is 4. The molecule has 2 aliphatic rings. The fourth-order valence-electron chi connectivity index (χ4n) is 2.98. The van der Waals surface area contributed by atoms with E-state index < -0.39 is 5.79 Å². The van der Waals surface area contributed by atoms with Gasteiger partial charge in [-0.1, -0.05) is 26.0 Å². The summed E-state index contributed by atoms with van der Waals surface area (Å²) >= 11 is 0. The van der Waals surface area contributed by atoms with E-state index in [2.05, 4.69) is 19.9 Å². The van der Waals surface area contributed by atoms with Crippen LogP contribution in [0, 0.1) is 5.41 Å². The Morgan fingerprint density at radius 1 is 1.20 bits per heavy atom. The minimum atomic E-state index is -0.574. The van der Waals surface area contributed by atoms with E-state index in [0.29, 0.717) is 13.2 Å². The van der Waals surface area contributed by atoms with E-state index in [1.54, 1.807) is 6.08 Å². The van der Waals surface area contributed by atoms with Gasteiger partial charge in [-0.05, 0) is 54.9 Å². The summed E-state index contributed by atoms with van der Waals surface area (Å²) in [7, 11) is 0. The van der Waals surface area contributed by atoms with Crippen molar-refractivity contribution in [3.63, 3.8) is 0 Å². The van der Waals surface area contributed by atoms with E-state index in [1.807, 2.05) is 19.9 Å². The highest BCUT2D eigenvalue weighted by Gasteiger charge is 2.43. The number of ether oxygens (including phenoxy) is 2. The number of allylic oxidation sites excluding steroid dienone is 5. The molecule has 2 rings (SSSR count). The molecule has 0 aromatic heterocycles. The molecule has 0 unspecified atom stereocenters. The number of hydrogen-bond acceptors (Lipinski definition) is 3. The largest absolute Gasteiger partial charge is 0.344 e. The number of hydrogen-bond donors (Lipinski definition) is 0. The van der Waals surface area contributed by atoms with Crippen molar-refractivity contribution in [2.75, 3.05) is 13.2 Å². The third-order valence-corrected chi connectivity index (χ3v) is 4.28. The monoisotopic (exact) mass is 276 g/mol. The number of carbonyl (C=O) groups is 1. The molecule has 0 saturated carbocycles. The molecule has 0 N–H and O–H groups in total. The van der Waals surface area contributed by atoms with E-state index in [-0.39, 0.29) is 5.41 Å². The van der Waals surface area contributed by atoms with E-state index in [0.717, 1.165) is 24.7 Å². The maximum Gasteiger partial charge on any atom is 0.188 e. The Labute approximate surface area is 121 Å². The molecule has 3 nitrogen and oxygen atoms in total. The zero-order valence-corrected chi connectivity index (χ0v) is 12.9. The van der Waals surface area contributed by atoms with Gasteiger partial charge in [0, 0.05) is 0 Å². The molecule has 0 aromatic carbocycles. The van der Waals surface area contributed by atoms with Gasteiger partial charge in [0.15, 0.2) is 5.79 Å². The first-order chi connectivity index (χ1) is 9.39. The molecule has 0 spiro atoms. The summed E-state index contributed by atoms with van der Waals surface area (Å²) in [5.41, 5.74) is 3.59. The molecule has 0 radical (unpaired) electrons. The van der Waals surface area contributed by atoms with Gasteiger partial charge in [-0.2, -0.15) is 0 Å². The molecular formula is C17H24O3. The molecule has 3 heteroatoms. The maximum atomic E-state index is 10.5. The van der Waals surface area contributed by atoms with Crippen molar-refractivity contribution in [1.82, 2.24) is 0 Å². The van der Waals surface area contributed by atoms with Gasteiger partial charge in [0.25, 0.3) is 0 Å². The van der Waals surface area contributed by atoms with Crippen molar-refractivity contribution < 1.29 is 14.3 Å². The van der Waals surface area contributed by atoms with Crippen molar-refractivity contribution in [1.29, 1.82) is 0 Å². The third-order valence-electron chi connectivity index (χ3n) is 4.28. The average molecular weight is 276 g/mol. The van der Waals surface area contributed by atoms with Crippen LogP contribution in [0.3, 0.4) is 0 Å². The smallest absolute Gasteiger partial charge is 0.188 e. The normalized spacial score (nSPS) is 25.7. The van der Waals surface area contributed by atoms with Crippen LogP contribution in [0.25, 0.3) is 0 Å². The first kappa shape index (κ1) is 15.2. The quantitative estimate of drug-likeness (QED) is 0.447. The van der Waals surface area contributed by atoms with E-state index in [4.69, 9.17) is 9.47 Å². The van der Waals surface area contributed by atoms with Gasteiger partial charge in [0.2, 0.25) is 0 Å². The maximum absolute atomic E-state index is 10.5. The van der Waals surface area contributed by atoms with Crippen LogP contribution in [-0.4, -0.2) is 25.3 Å². The molecule has 1 saturated heterocycles. The van der Waals surface area contributed by atoms with Crippen LogP contribution in [-0.2, 0) is 14.3 Å². The summed E-state index contributed by atoms with van der Waals surface area (Å²) in [6.07, 6.45) is 8.60. The Kier molecular flexibility index (Phi) is 4.31. The summed E-state index contributed by atoms with van der Waals surface area (Å²) in [5, 5.41) is 0. The van der Waals surface area contributed by atoms with E-state index in [1.165, 1.54) is 11.1 Å². The second-order valence-electron chi connectivity index (χ2n) is 6.30. The van der Waals surface area contributed by atoms with E-state index >= 15 is 0 Å². The lowest BCUT2D eigenvalue weighted by atomic mass is 9.84. The van der Waals surface area contributed by atoms with Crippen molar-refractivity contribution in [2.45, 2.75) is 46.3 Å². The molecule has 110 valence electrons. The fraction of sp³-hybridized carbons (Fsp3) is 0.588. The molecule has 0 amide bonds. The summed E-state index contributed by atoms with van der Waals surface area (Å²) in [6.45, 7) is 9.74. The first-order valence-corrected chi connectivity index (χ1v) is 7.21. The third kappa shape index (κ3) is 2.94. The summed E-state index contributed by atoms with van der Waals surface area (Å²) in [4.78, 5) is 10.5. The molecule has 1 aliphatic carbocycles. The van der Waals surface area contributed by atoms with Crippen LogP contribution in [0.15, 0.2) is 34.9 Å². The van der Waals surface area contributed by atoms with Crippen molar-refractivity contribution in [3.8, 4) is 0 Å². The average Bonchev–Trinajstić information content (AvgIpc) is 2.92. The standard InChI is InChI=1S/C17H24O3/c1-13(8-10-18)5-6-14-15(7-9-16(14,2)3)17(4)19-11-12-20-17/h5-6,8,10H,7,9,11-12H2,1-4H3. The van der Waals surface area contributed by atoms with Gasteiger partial charge >= 0.3 is 0 Å². The van der Waals surface area contributed by atoms with Crippen LogP contribution in [0.4, 0.5) is 0 Å². The van der Waals surface area contributed by atoms with Gasteiger partial charge in [-0.25, -0.2) is 0 Å². The lowest BCUT2D eigenvalue weighted by molar-refractivity contribution is -0.111. The predicted octanol–water partition coefficient (Wildman–Crippen LogP) is 3.57. The van der Waals surface area contributed by atoms with Crippen LogP contribution < -0.4 is 0 Å². The Hall–Kier alpha value is -1.19. The van der Waals surface area contributed by atoms with E-state index in [9.17, 15) is 4.79 Å². The SMILES string of the molecule is CC(C=CC1=C(C2(C)OCCO2)CCC1(C)C)=CC=O. The Bertz CT molecular complexity index is 474. The Morgan fingerprint density at radius 2 is 1.85 bits per heavy atom. The topological polar surface area (TPSA) is 35.5 Å². The Morgan fingerprint density at radius 3 is 2.45 bits per heavy atom. The molecule has 0 bridgehead atoms. The highest BCUT2D eigenvalue weighted by Crippen LogP contribution is 2.48. The van der Waals surface area contributed by atoms with Crippen LogP contribution in [0.1, 0.15) is 40.5 Å². The van der Waals surface area contributed by atoms with Crippen LogP contribution in [0.2, 0.25) is 0 Å². The van der Waals surface area contributed by atoms with Crippen LogP contribution >= 0.6 is 0 Å². The van der Waals surface area contributed by atoms with Gasteiger partial charge in [0.1, 0.15) is 6.29 Å². The van der Waals surface area contributed by atoms with Crippen molar-refractivity contribution in [2.24, 2.45) is 5.41 Å². The number of aldehydes is 1. The molecule has 20 heavy (non-hydrogen) atoms. The molecule has 1 aliphatic heterocycles. The zero-order valence-electron chi connectivity index (χ0n) is 12.9. The van der Waals surface area contributed by atoms with Crippen molar-refractivity contribution >= 4 is 6.29 Å². The summed E-state index contributed by atoms with van der Waals surface area (Å²) in [6, 6.07) is 0. The van der Waals surface area contributed by atoms with Gasteiger partial charge in [-0.15, -0.1) is 0 Å². The zero-order chi connectivity index (χ0) is 14.8. The van der Waals surface area contributed by atoms with Crippen LogP contribution in [0.5, 0.6) is 0 Å². The summed E-state index contributed by atoms with van der Waals surface area (Å²) < 4.78 is 11.6. The molecule has 1 fully saturated rings. The fourth-order valence-corrected chi connectivity index (χ4v) is 2.98. The molecule has 0 aromatic rings. The highest BCUT2D eigenvalue weighted by molar-refractivity contribution is 5.67. The van der Waals surface area contributed by atoms with Gasteiger partial charge in [0.05, 0.1) is 13.2 Å². The summed E-state index contributed by atoms with van der Waals surface area (Å²) in [5.74, 6) is -0.574. The van der Waals surface area contributed by atoms with Crippen molar-refractivity contribution in [3.05, 3.63) is 34.9 Å². The van der Waals surface area contributed by atoms with Gasteiger partial charge < -0.3 is 9.47 Å². The molecule has 1 heterocycles. The Balaban J connectivity index is 2.36. The minimum absolute atomic E-state index is 0.117. The molecule has 0 atom stereocenters. The lowest BCUT2D eigenvalue weighted by Crippen LogP contribution is -2.28. The highest BCUT2D eigenvalue weighted by atomic mass is 16.7. The number of carbonyl (C=O) groups excluding carboxylic acids is 1. The lowest BCUT2D eigenvalue weighted by Gasteiger charge is -2.27. The second-order valence-corrected chi connectivity index (χ2v) is 6.30. The molecular weight excluding hydrogens is 252 g/mol. The minimum Gasteiger partial charge on any atom is -0.344 e. The first-order valence-electron chi connectivity index (χ1n) is 7.21.